The number of hydrogen-bond acceptors (Lipinski definition) is 7. The number of methoxy groups -OCH3 is 1. The quantitative estimate of drug-likeness (QED) is 0.469. The van der Waals surface area contributed by atoms with E-state index in [1.54, 1.807) is 7.11 Å². The molecule has 33 heavy (non-hydrogen) atoms. The normalized spacial score (nSPS) is 15.2. The number of rotatable bonds is 9. The Labute approximate surface area is 199 Å². The van der Waals surface area contributed by atoms with Crippen LogP contribution in [0.15, 0.2) is 48.5 Å². The van der Waals surface area contributed by atoms with E-state index >= 15 is 0 Å². The Hall–Kier alpha value is -2.75. The van der Waals surface area contributed by atoms with Crippen molar-refractivity contribution in [3.8, 4) is 5.75 Å². The van der Waals surface area contributed by atoms with Crippen LogP contribution in [0, 0.1) is 5.82 Å². The van der Waals surface area contributed by atoms with Crippen LogP contribution in [-0.4, -0.2) is 71.6 Å². The molecule has 1 saturated heterocycles. The summed E-state index contributed by atoms with van der Waals surface area (Å²) in [6.45, 7) is 7.04. The molecule has 1 aromatic heterocycles. The van der Waals surface area contributed by atoms with Gasteiger partial charge in [0.25, 0.3) is 0 Å². The highest BCUT2D eigenvalue weighted by molar-refractivity contribution is 5.85. The van der Waals surface area contributed by atoms with Gasteiger partial charge in [-0.3, -0.25) is 4.90 Å². The summed E-state index contributed by atoms with van der Waals surface area (Å²) in [5, 5.41) is 12.5. The summed E-state index contributed by atoms with van der Waals surface area (Å²) in [7, 11) is 1.67. The molecule has 1 aliphatic rings. The molecule has 2 aromatic carbocycles. The van der Waals surface area contributed by atoms with Crippen molar-refractivity contribution in [3.05, 3.63) is 65.7 Å². The van der Waals surface area contributed by atoms with Crippen LogP contribution in [0.3, 0.4) is 0 Å². The van der Waals surface area contributed by atoms with E-state index in [0.717, 1.165) is 49.0 Å². The molecule has 8 nitrogen and oxygen atoms in total. The van der Waals surface area contributed by atoms with Gasteiger partial charge in [0.05, 0.1) is 25.8 Å². The molecule has 0 aliphatic carbocycles. The van der Waals surface area contributed by atoms with Crippen LogP contribution in [-0.2, 0) is 11.3 Å². The minimum Gasteiger partial charge on any atom is -0.494 e. The van der Waals surface area contributed by atoms with Gasteiger partial charge in [-0.25, -0.2) is 9.07 Å². The van der Waals surface area contributed by atoms with Crippen LogP contribution in [0.5, 0.6) is 5.75 Å². The van der Waals surface area contributed by atoms with Crippen LogP contribution in [0.2, 0.25) is 0 Å². The first kappa shape index (κ1) is 24.9. The topological polar surface area (TPSA) is 68.5 Å². The van der Waals surface area contributed by atoms with E-state index in [0.29, 0.717) is 19.8 Å². The Bertz CT molecular complexity index is 977. The monoisotopic (exact) mass is 476 g/mol. The third-order valence-corrected chi connectivity index (χ3v) is 5.69. The van der Waals surface area contributed by atoms with Gasteiger partial charge in [-0.2, -0.15) is 0 Å². The molecule has 1 unspecified atom stereocenters. The number of piperazine rings is 1. The van der Waals surface area contributed by atoms with Crippen molar-refractivity contribution in [2.75, 3.05) is 51.4 Å². The summed E-state index contributed by atoms with van der Waals surface area (Å²) >= 11 is 0. The van der Waals surface area contributed by atoms with Gasteiger partial charge in [-0.1, -0.05) is 12.1 Å². The second-order valence-electron chi connectivity index (χ2n) is 7.66. The van der Waals surface area contributed by atoms with Gasteiger partial charge in [0.15, 0.2) is 5.82 Å². The minimum atomic E-state index is -0.217. The van der Waals surface area contributed by atoms with E-state index < -0.39 is 0 Å². The van der Waals surface area contributed by atoms with Gasteiger partial charge < -0.3 is 14.4 Å². The number of aromatic nitrogens is 4. The average molecular weight is 477 g/mol. The number of hydrogen-bond donors (Lipinski definition) is 0. The number of halogens is 2. The second kappa shape index (κ2) is 11.9. The average Bonchev–Trinajstić information content (AvgIpc) is 3.28. The first-order valence-electron chi connectivity index (χ1n) is 10.9. The lowest BCUT2D eigenvalue weighted by Gasteiger charge is -2.40. The van der Waals surface area contributed by atoms with E-state index in [-0.39, 0.29) is 24.3 Å². The van der Waals surface area contributed by atoms with Crippen molar-refractivity contribution in [1.82, 2.24) is 25.1 Å². The van der Waals surface area contributed by atoms with E-state index in [9.17, 15) is 4.39 Å². The van der Waals surface area contributed by atoms with E-state index in [2.05, 4.69) is 37.5 Å². The van der Waals surface area contributed by atoms with E-state index in [4.69, 9.17) is 9.47 Å². The fourth-order valence-electron chi connectivity index (χ4n) is 4.07. The third kappa shape index (κ3) is 5.98. The van der Waals surface area contributed by atoms with Crippen LogP contribution in [0.4, 0.5) is 10.1 Å². The highest BCUT2D eigenvalue weighted by atomic mass is 35.5. The largest absolute Gasteiger partial charge is 0.494 e. The molecule has 0 radical (unpaired) electrons. The smallest absolute Gasteiger partial charge is 0.173 e. The summed E-state index contributed by atoms with van der Waals surface area (Å²) in [5.74, 6) is 1.42. The fourth-order valence-corrected chi connectivity index (χ4v) is 4.07. The van der Waals surface area contributed by atoms with Crippen LogP contribution < -0.4 is 9.64 Å². The maximum atomic E-state index is 13.3. The molecular weight excluding hydrogens is 447 g/mol. The van der Waals surface area contributed by atoms with Crippen molar-refractivity contribution in [2.45, 2.75) is 19.5 Å². The van der Waals surface area contributed by atoms with Crippen LogP contribution >= 0.6 is 12.4 Å². The Morgan fingerprint density at radius 1 is 1.00 bits per heavy atom. The summed E-state index contributed by atoms with van der Waals surface area (Å²) in [5.41, 5.74) is 2.14. The Kier molecular flexibility index (Phi) is 8.99. The lowest BCUT2D eigenvalue weighted by Crippen LogP contribution is -2.48. The number of tetrazole rings is 1. The number of benzene rings is 2. The van der Waals surface area contributed by atoms with Gasteiger partial charge >= 0.3 is 0 Å². The molecule has 0 amide bonds. The molecule has 3 aromatic rings. The van der Waals surface area contributed by atoms with E-state index in [1.807, 2.05) is 35.9 Å². The van der Waals surface area contributed by atoms with Crippen molar-refractivity contribution in [2.24, 2.45) is 0 Å². The van der Waals surface area contributed by atoms with Gasteiger partial charge in [-0.15, -0.1) is 17.5 Å². The molecule has 1 fully saturated rings. The number of anilines is 1. The molecule has 0 bridgehead atoms. The van der Waals surface area contributed by atoms with Gasteiger partial charge in [0.1, 0.15) is 11.6 Å². The molecule has 0 spiro atoms. The highest BCUT2D eigenvalue weighted by Gasteiger charge is 2.30. The molecule has 2 heterocycles. The molecule has 10 heteroatoms. The van der Waals surface area contributed by atoms with Crippen molar-refractivity contribution in [1.29, 1.82) is 0 Å². The summed E-state index contributed by atoms with van der Waals surface area (Å²) < 4.78 is 26.0. The Morgan fingerprint density at radius 2 is 1.70 bits per heavy atom. The van der Waals surface area contributed by atoms with Crippen LogP contribution in [0.25, 0.3) is 0 Å². The highest BCUT2D eigenvalue weighted by Crippen LogP contribution is 2.30. The van der Waals surface area contributed by atoms with Crippen molar-refractivity contribution in [3.63, 3.8) is 0 Å². The second-order valence-corrected chi connectivity index (χ2v) is 7.66. The zero-order valence-corrected chi connectivity index (χ0v) is 19.7. The molecule has 0 N–H and O–H groups in total. The predicted molar refractivity (Wildman–Crippen MR) is 127 cm³/mol. The van der Waals surface area contributed by atoms with Gasteiger partial charge in [-0.05, 0) is 59.3 Å². The zero-order chi connectivity index (χ0) is 22.3. The standard InChI is InChI=1S/C23H29FN6O2.ClH/c1-3-32-21-10-4-18(5-11-21)22(23-25-26-27-30(23)16-17-31-2)29-14-12-28(13-15-29)20-8-6-19(24)7-9-20;/h4-11,22H,3,12-17H2,1-2H3;1H. The van der Waals surface area contributed by atoms with E-state index in [1.165, 1.54) is 12.1 Å². The molecule has 0 saturated carbocycles. The molecule has 4 rings (SSSR count). The van der Waals surface area contributed by atoms with Gasteiger partial charge in [0.2, 0.25) is 0 Å². The Morgan fingerprint density at radius 3 is 2.33 bits per heavy atom. The predicted octanol–water partition coefficient (Wildman–Crippen LogP) is 3.19. The SMILES string of the molecule is CCOc1ccc(C(c2nnnn2CCOC)N2CCN(c3ccc(F)cc3)CC2)cc1.Cl. The summed E-state index contributed by atoms with van der Waals surface area (Å²) in [6.07, 6.45) is 0. The molecule has 1 aliphatic heterocycles. The number of nitrogens with zero attached hydrogens (tertiary/aromatic N) is 6. The fraction of sp³-hybridized carbons (Fsp3) is 0.435. The lowest BCUT2D eigenvalue weighted by atomic mass is 10.0. The number of ether oxygens (including phenoxy) is 2. The molecule has 178 valence electrons. The summed E-state index contributed by atoms with van der Waals surface area (Å²) in [6, 6.07) is 14.7. The minimum absolute atomic E-state index is 0. The van der Waals surface area contributed by atoms with Crippen LogP contribution in [0.1, 0.15) is 24.4 Å². The maximum absolute atomic E-state index is 13.3. The molecule has 1 atom stereocenters. The van der Waals surface area contributed by atoms with Crippen molar-refractivity contribution >= 4 is 18.1 Å². The lowest BCUT2D eigenvalue weighted by molar-refractivity contribution is 0.171. The Balaban J connectivity index is 0.00000306. The first-order chi connectivity index (χ1) is 15.7. The molecular formula is C23H30ClFN6O2. The van der Waals surface area contributed by atoms with Gasteiger partial charge in [0, 0.05) is 39.0 Å². The zero-order valence-electron chi connectivity index (χ0n) is 18.9. The van der Waals surface area contributed by atoms with Crippen molar-refractivity contribution < 1.29 is 13.9 Å². The maximum Gasteiger partial charge on any atom is 0.173 e. The third-order valence-electron chi connectivity index (χ3n) is 5.69. The first-order valence-corrected chi connectivity index (χ1v) is 10.9. The summed E-state index contributed by atoms with van der Waals surface area (Å²) in [4.78, 5) is 4.67.